The smallest absolute Gasteiger partial charge is 0.0446 e. The summed E-state index contributed by atoms with van der Waals surface area (Å²) in [6.45, 7) is 4.06. The van der Waals surface area contributed by atoms with Crippen molar-refractivity contribution >= 4 is 40.2 Å². The van der Waals surface area contributed by atoms with Crippen LogP contribution in [0, 0.1) is 5.92 Å². The number of carbonyl (C=O) groups is 1. The monoisotopic (exact) mass is 251 g/mol. The maximum atomic E-state index is 10.9. The molecule has 0 aromatic carbocycles. The van der Waals surface area contributed by atoms with Gasteiger partial charge in [0.1, 0.15) is 0 Å². The fourth-order valence-electron chi connectivity index (χ4n) is 1.46. The van der Waals surface area contributed by atoms with Crippen molar-refractivity contribution in [2.45, 2.75) is 42.4 Å². The summed E-state index contributed by atoms with van der Waals surface area (Å²) in [7, 11) is 3.61. The zero-order valence-electron chi connectivity index (χ0n) is 8.30. The Morgan fingerprint density at radius 1 is 1.57 bits per heavy atom. The summed E-state index contributed by atoms with van der Waals surface area (Å²) >= 11 is 4.22. The van der Waals surface area contributed by atoms with Crippen molar-refractivity contribution in [2.24, 2.45) is 5.92 Å². The lowest BCUT2D eigenvalue weighted by molar-refractivity contribution is -0.312. The lowest BCUT2D eigenvalue weighted by atomic mass is 9.97. The summed E-state index contributed by atoms with van der Waals surface area (Å²) in [5.74, 6) is -1.25. The number of hydrogen-bond acceptors (Lipinski definition) is 5. The summed E-state index contributed by atoms with van der Waals surface area (Å²) in [4.78, 5) is 10.9. The Hall–Kier alpha value is 0.520. The van der Waals surface area contributed by atoms with Crippen LogP contribution in [0.2, 0.25) is 0 Å². The Morgan fingerprint density at radius 3 is 2.50 bits per heavy atom. The fraction of sp³-hybridized carbons (Fsp3) is 0.889. The minimum atomic E-state index is -0.921. The molecule has 82 valence electrons. The average molecular weight is 251 g/mol. The van der Waals surface area contributed by atoms with Crippen molar-refractivity contribution in [3.05, 3.63) is 0 Å². The standard InChI is InChI=1S/C9H16O2S3/c1-5(12)3-7(9(10)11)4-8-6(2)13-14-8/h5-8,12H,3-4H2,1-2H3,(H,10,11)/p-1. The third-order valence-electron chi connectivity index (χ3n) is 2.33. The first-order chi connectivity index (χ1) is 6.50. The highest BCUT2D eigenvalue weighted by molar-refractivity contribution is 8.80. The van der Waals surface area contributed by atoms with E-state index in [0.717, 1.165) is 6.42 Å². The molecule has 4 atom stereocenters. The predicted molar refractivity (Wildman–Crippen MR) is 64.6 cm³/mol. The van der Waals surface area contributed by atoms with Gasteiger partial charge in [0.2, 0.25) is 0 Å². The third kappa shape index (κ3) is 3.59. The number of aliphatic carboxylic acids is 1. The number of carboxylic acid groups (broad SMARTS) is 1. The molecule has 0 saturated carbocycles. The molecule has 0 aromatic heterocycles. The Kier molecular flexibility index (Phi) is 5.00. The number of carbonyl (C=O) groups excluding carboxylic acids is 1. The molecule has 1 saturated heterocycles. The molecule has 4 unspecified atom stereocenters. The maximum Gasteiger partial charge on any atom is 0.0446 e. The molecule has 0 N–H and O–H groups in total. The summed E-state index contributed by atoms with van der Waals surface area (Å²) in [6, 6.07) is 0. The molecule has 0 bridgehead atoms. The summed E-state index contributed by atoms with van der Waals surface area (Å²) in [5.41, 5.74) is 0. The molecule has 1 rings (SSSR count). The number of carboxylic acids is 1. The molecule has 0 aliphatic carbocycles. The number of hydrogen-bond donors (Lipinski definition) is 1. The second-order valence-electron chi connectivity index (χ2n) is 3.77. The predicted octanol–water partition coefficient (Wildman–Crippen LogP) is 1.60. The lowest BCUT2D eigenvalue weighted by Crippen LogP contribution is -2.37. The van der Waals surface area contributed by atoms with Gasteiger partial charge in [-0.05, 0) is 18.1 Å². The van der Waals surface area contributed by atoms with Crippen LogP contribution in [0.25, 0.3) is 0 Å². The van der Waals surface area contributed by atoms with Crippen molar-refractivity contribution < 1.29 is 9.90 Å². The van der Waals surface area contributed by atoms with Gasteiger partial charge in [0, 0.05) is 22.4 Å². The Morgan fingerprint density at radius 2 is 2.21 bits per heavy atom. The van der Waals surface area contributed by atoms with Gasteiger partial charge < -0.3 is 9.90 Å². The van der Waals surface area contributed by atoms with E-state index in [1.54, 1.807) is 10.8 Å². The van der Waals surface area contributed by atoms with E-state index in [1.807, 2.05) is 17.7 Å². The van der Waals surface area contributed by atoms with Gasteiger partial charge in [-0.25, -0.2) is 0 Å². The fourth-order valence-corrected chi connectivity index (χ4v) is 4.33. The van der Waals surface area contributed by atoms with E-state index in [2.05, 4.69) is 19.6 Å². The highest BCUT2D eigenvalue weighted by Gasteiger charge is 2.31. The first-order valence-electron chi connectivity index (χ1n) is 4.71. The molecule has 2 nitrogen and oxygen atoms in total. The Labute approximate surface area is 98.4 Å². The van der Waals surface area contributed by atoms with Crippen LogP contribution >= 0.6 is 34.2 Å². The van der Waals surface area contributed by atoms with Crippen LogP contribution in [-0.2, 0) is 4.79 Å². The average Bonchev–Trinajstić information content (AvgIpc) is 2.08. The second-order valence-corrected chi connectivity index (χ2v) is 7.54. The van der Waals surface area contributed by atoms with E-state index in [0.29, 0.717) is 16.9 Å². The van der Waals surface area contributed by atoms with Crippen LogP contribution in [0.1, 0.15) is 26.7 Å². The van der Waals surface area contributed by atoms with Gasteiger partial charge in [-0.15, -0.1) is 0 Å². The summed E-state index contributed by atoms with van der Waals surface area (Å²) in [6.07, 6.45) is 1.34. The summed E-state index contributed by atoms with van der Waals surface area (Å²) < 4.78 is 0. The maximum absolute atomic E-state index is 10.9. The molecule has 1 aliphatic rings. The van der Waals surface area contributed by atoms with Gasteiger partial charge >= 0.3 is 0 Å². The lowest BCUT2D eigenvalue weighted by Gasteiger charge is -2.35. The molecule has 0 amide bonds. The summed E-state index contributed by atoms with van der Waals surface area (Å²) in [5, 5.41) is 12.0. The van der Waals surface area contributed by atoms with E-state index >= 15 is 0 Å². The topological polar surface area (TPSA) is 40.1 Å². The van der Waals surface area contributed by atoms with Crippen LogP contribution < -0.4 is 5.11 Å². The minimum Gasteiger partial charge on any atom is -0.550 e. The molecule has 1 heterocycles. The largest absolute Gasteiger partial charge is 0.550 e. The van der Waals surface area contributed by atoms with Crippen LogP contribution in [0.5, 0.6) is 0 Å². The first kappa shape index (κ1) is 12.6. The SMILES string of the molecule is CC(S)CC(CC1SSC1C)C(=O)[O-]. The van der Waals surface area contributed by atoms with Crippen LogP contribution in [0.3, 0.4) is 0 Å². The molecule has 0 aromatic rings. The number of rotatable bonds is 5. The number of thiol groups is 1. The van der Waals surface area contributed by atoms with Gasteiger partial charge in [0.05, 0.1) is 0 Å². The van der Waals surface area contributed by atoms with Crippen molar-refractivity contribution in [1.29, 1.82) is 0 Å². The van der Waals surface area contributed by atoms with Crippen molar-refractivity contribution in [3.8, 4) is 0 Å². The van der Waals surface area contributed by atoms with E-state index in [4.69, 9.17) is 0 Å². The third-order valence-corrected chi connectivity index (χ3v) is 6.29. The van der Waals surface area contributed by atoms with Gasteiger partial charge in [0.15, 0.2) is 0 Å². The van der Waals surface area contributed by atoms with Crippen LogP contribution in [-0.4, -0.2) is 21.7 Å². The van der Waals surface area contributed by atoms with E-state index in [9.17, 15) is 9.90 Å². The molecule has 0 radical (unpaired) electrons. The highest BCUT2D eigenvalue weighted by Crippen LogP contribution is 2.50. The molecule has 1 aliphatic heterocycles. The van der Waals surface area contributed by atoms with Gasteiger partial charge in [0.25, 0.3) is 0 Å². The van der Waals surface area contributed by atoms with Crippen molar-refractivity contribution in [2.75, 3.05) is 0 Å². The van der Waals surface area contributed by atoms with Gasteiger partial charge in [-0.1, -0.05) is 35.4 Å². The van der Waals surface area contributed by atoms with Crippen LogP contribution in [0.15, 0.2) is 0 Å². The molecule has 1 fully saturated rings. The zero-order chi connectivity index (χ0) is 10.7. The van der Waals surface area contributed by atoms with Gasteiger partial charge in [-0.2, -0.15) is 12.6 Å². The molecule has 0 spiro atoms. The Balaban J connectivity index is 2.38. The van der Waals surface area contributed by atoms with Crippen molar-refractivity contribution in [1.82, 2.24) is 0 Å². The molecule has 14 heavy (non-hydrogen) atoms. The first-order valence-corrected chi connectivity index (χ1v) is 7.51. The second kappa shape index (κ2) is 5.56. The van der Waals surface area contributed by atoms with Gasteiger partial charge in [-0.3, -0.25) is 0 Å². The Bertz CT molecular complexity index is 208. The van der Waals surface area contributed by atoms with E-state index in [-0.39, 0.29) is 11.2 Å². The zero-order valence-corrected chi connectivity index (χ0v) is 10.8. The van der Waals surface area contributed by atoms with Crippen LogP contribution in [0.4, 0.5) is 0 Å². The van der Waals surface area contributed by atoms with E-state index < -0.39 is 5.97 Å². The highest BCUT2D eigenvalue weighted by atomic mass is 33.1. The quantitative estimate of drug-likeness (QED) is 0.595. The molecular weight excluding hydrogens is 236 g/mol. The molecular formula is C9H15O2S3-. The normalized spacial score (nSPS) is 30.5. The van der Waals surface area contributed by atoms with Crippen molar-refractivity contribution in [3.63, 3.8) is 0 Å². The minimum absolute atomic E-state index is 0.130. The van der Waals surface area contributed by atoms with E-state index in [1.165, 1.54) is 0 Å². The molecule has 5 heteroatoms.